The van der Waals surface area contributed by atoms with E-state index < -0.39 is 9.84 Å². The Kier molecular flexibility index (Phi) is 6.55. The van der Waals surface area contributed by atoms with E-state index in [1.54, 1.807) is 0 Å². The van der Waals surface area contributed by atoms with Gasteiger partial charge in [-0.15, -0.1) is 0 Å². The lowest BCUT2D eigenvalue weighted by atomic mass is 10.2. The fraction of sp³-hybridized carbons (Fsp3) is 0.467. The summed E-state index contributed by atoms with van der Waals surface area (Å²) in [5.74, 6) is -0.414. The first-order chi connectivity index (χ1) is 10.2. The van der Waals surface area contributed by atoms with Gasteiger partial charge in [0.15, 0.2) is 9.84 Å². The molecule has 22 heavy (non-hydrogen) atoms. The molecule has 122 valence electrons. The van der Waals surface area contributed by atoms with Crippen molar-refractivity contribution >= 4 is 27.3 Å². The fourth-order valence-electron chi connectivity index (χ4n) is 1.70. The van der Waals surface area contributed by atoms with E-state index in [1.807, 2.05) is 13.8 Å². The van der Waals surface area contributed by atoms with Crippen molar-refractivity contribution in [3.05, 3.63) is 24.3 Å². The summed E-state index contributed by atoms with van der Waals surface area (Å²) < 4.78 is 24.3. The van der Waals surface area contributed by atoms with Crippen LogP contribution in [0, 0.1) is 5.92 Å². The molecule has 0 aliphatic heterocycles. The minimum atomic E-state index is -3.51. The minimum absolute atomic E-state index is 0.0670. The maximum atomic E-state index is 12.1. The molecule has 0 bridgehead atoms. The number of carbonyl (C=O) groups is 2. The van der Waals surface area contributed by atoms with Crippen molar-refractivity contribution in [2.75, 3.05) is 17.6 Å². The van der Waals surface area contributed by atoms with Crippen molar-refractivity contribution in [2.24, 2.45) is 5.92 Å². The monoisotopic (exact) mass is 326 g/mol. The van der Waals surface area contributed by atoms with Crippen molar-refractivity contribution in [1.82, 2.24) is 5.32 Å². The second kappa shape index (κ2) is 7.93. The smallest absolute Gasteiger partial charge is 0.221 e. The summed E-state index contributed by atoms with van der Waals surface area (Å²) in [7, 11) is -3.51. The van der Waals surface area contributed by atoms with Gasteiger partial charge in [-0.1, -0.05) is 13.8 Å². The molecule has 7 heteroatoms. The Hall–Kier alpha value is -1.89. The summed E-state index contributed by atoms with van der Waals surface area (Å²) >= 11 is 0. The maximum Gasteiger partial charge on any atom is 0.221 e. The number of amides is 2. The third-order valence-corrected chi connectivity index (χ3v) is 4.57. The van der Waals surface area contributed by atoms with Crippen molar-refractivity contribution in [1.29, 1.82) is 0 Å². The lowest BCUT2D eigenvalue weighted by Crippen LogP contribution is -2.28. The SMILES string of the molecule is CC(=O)Nc1ccc(S(=O)(=O)CCC(=O)NCC(C)C)cc1. The highest BCUT2D eigenvalue weighted by Crippen LogP contribution is 2.16. The Labute approximate surface area is 131 Å². The molecule has 6 nitrogen and oxygen atoms in total. The average molecular weight is 326 g/mol. The molecule has 0 saturated carbocycles. The fourth-order valence-corrected chi connectivity index (χ4v) is 2.94. The van der Waals surface area contributed by atoms with Crippen LogP contribution in [0.4, 0.5) is 5.69 Å². The second-order valence-electron chi connectivity index (χ2n) is 5.47. The Bertz CT molecular complexity index is 621. The first-order valence-electron chi connectivity index (χ1n) is 7.08. The normalized spacial score (nSPS) is 11.3. The van der Waals surface area contributed by atoms with Gasteiger partial charge in [-0.3, -0.25) is 9.59 Å². The molecule has 0 unspecified atom stereocenters. The van der Waals surface area contributed by atoms with Crippen LogP contribution < -0.4 is 10.6 Å². The van der Waals surface area contributed by atoms with Crippen molar-refractivity contribution < 1.29 is 18.0 Å². The van der Waals surface area contributed by atoms with Crippen LogP contribution in [0.3, 0.4) is 0 Å². The number of hydrogen-bond donors (Lipinski definition) is 2. The van der Waals surface area contributed by atoms with E-state index in [4.69, 9.17) is 0 Å². The third kappa shape index (κ3) is 6.26. The predicted molar refractivity (Wildman–Crippen MR) is 85.3 cm³/mol. The number of benzene rings is 1. The Morgan fingerprint density at radius 2 is 1.73 bits per heavy atom. The number of carbonyl (C=O) groups excluding carboxylic acids is 2. The molecule has 1 aromatic rings. The van der Waals surface area contributed by atoms with Crippen LogP contribution >= 0.6 is 0 Å². The van der Waals surface area contributed by atoms with E-state index in [2.05, 4.69) is 10.6 Å². The zero-order chi connectivity index (χ0) is 16.8. The van der Waals surface area contributed by atoms with E-state index in [-0.39, 0.29) is 28.9 Å². The molecule has 0 heterocycles. The van der Waals surface area contributed by atoms with Gasteiger partial charge in [-0.2, -0.15) is 0 Å². The van der Waals surface area contributed by atoms with Gasteiger partial charge in [0.2, 0.25) is 11.8 Å². The quantitative estimate of drug-likeness (QED) is 0.795. The zero-order valence-electron chi connectivity index (χ0n) is 13.0. The summed E-state index contributed by atoms with van der Waals surface area (Å²) in [4.78, 5) is 22.6. The topological polar surface area (TPSA) is 92.3 Å². The van der Waals surface area contributed by atoms with E-state index in [1.165, 1.54) is 31.2 Å². The van der Waals surface area contributed by atoms with E-state index >= 15 is 0 Å². The van der Waals surface area contributed by atoms with Gasteiger partial charge in [0.1, 0.15) is 0 Å². The van der Waals surface area contributed by atoms with Gasteiger partial charge in [0.05, 0.1) is 10.6 Å². The molecule has 1 rings (SSSR count). The summed E-state index contributed by atoms with van der Waals surface area (Å²) in [6, 6.07) is 5.89. The van der Waals surface area contributed by atoms with Crippen LogP contribution in [0.25, 0.3) is 0 Å². The molecule has 2 N–H and O–H groups in total. The zero-order valence-corrected chi connectivity index (χ0v) is 13.9. The summed E-state index contributed by atoms with van der Waals surface area (Å²) in [6.45, 7) is 5.84. The molecule has 1 aromatic carbocycles. The van der Waals surface area contributed by atoms with Crippen molar-refractivity contribution in [2.45, 2.75) is 32.1 Å². The molecular weight excluding hydrogens is 304 g/mol. The number of nitrogens with one attached hydrogen (secondary N) is 2. The van der Waals surface area contributed by atoms with E-state index in [9.17, 15) is 18.0 Å². The highest BCUT2D eigenvalue weighted by atomic mass is 32.2. The van der Waals surface area contributed by atoms with Gasteiger partial charge >= 0.3 is 0 Å². The molecule has 0 saturated heterocycles. The van der Waals surface area contributed by atoms with Crippen LogP contribution in [0.2, 0.25) is 0 Å². The van der Waals surface area contributed by atoms with Crippen LogP contribution in [-0.2, 0) is 19.4 Å². The molecule has 0 radical (unpaired) electrons. The van der Waals surface area contributed by atoms with Crippen LogP contribution in [0.15, 0.2) is 29.2 Å². The maximum absolute atomic E-state index is 12.1. The van der Waals surface area contributed by atoms with E-state index in [0.29, 0.717) is 18.2 Å². The second-order valence-corrected chi connectivity index (χ2v) is 7.58. The number of sulfone groups is 1. The first kappa shape index (κ1) is 18.2. The highest BCUT2D eigenvalue weighted by Gasteiger charge is 2.16. The largest absolute Gasteiger partial charge is 0.356 e. The number of hydrogen-bond acceptors (Lipinski definition) is 4. The summed E-state index contributed by atoms with van der Waals surface area (Å²) in [5.41, 5.74) is 0.529. The van der Waals surface area contributed by atoms with Crippen LogP contribution in [0.5, 0.6) is 0 Å². The van der Waals surface area contributed by atoms with Crippen molar-refractivity contribution in [3.63, 3.8) is 0 Å². The van der Waals surface area contributed by atoms with Gasteiger partial charge in [0.25, 0.3) is 0 Å². The Balaban J connectivity index is 2.62. The van der Waals surface area contributed by atoms with Crippen molar-refractivity contribution in [3.8, 4) is 0 Å². The molecule has 0 aliphatic rings. The lowest BCUT2D eigenvalue weighted by molar-refractivity contribution is -0.120. The van der Waals surface area contributed by atoms with Crippen LogP contribution in [-0.4, -0.2) is 32.5 Å². The third-order valence-electron chi connectivity index (χ3n) is 2.84. The van der Waals surface area contributed by atoms with Gasteiger partial charge in [0, 0.05) is 25.6 Å². The molecular formula is C15H22N2O4S. The molecule has 0 spiro atoms. The Morgan fingerprint density at radius 1 is 1.14 bits per heavy atom. The first-order valence-corrected chi connectivity index (χ1v) is 8.73. The minimum Gasteiger partial charge on any atom is -0.356 e. The number of anilines is 1. The predicted octanol–water partition coefficient (Wildman–Crippen LogP) is 1.58. The lowest BCUT2D eigenvalue weighted by Gasteiger charge is -2.08. The average Bonchev–Trinajstić information content (AvgIpc) is 2.43. The van der Waals surface area contributed by atoms with Gasteiger partial charge in [-0.05, 0) is 30.2 Å². The van der Waals surface area contributed by atoms with Gasteiger partial charge in [-0.25, -0.2) is 8.42 Å². The van der Waals surface area contributed by atoms with Crippen LogP contribution in [0.1, 0.15) is 27.2 Å². The summed E-state index contributed by atoms with van der Waals surface area (Å²) in [5, 5.41) is 5.25. The van der Waals surface area contributed by atoms with E-state index in [0.717, 1.165) is 0 Å². The standard InChI is InChI=1S/C15H22N2O4S/c1-11(2)10-16-15(19)8-9-22(20,21)14-6-4-13(5-7-14)17-12(3)18/h4-7,11H,8-10H2,1-3H3,(H,16,19)(H,17,18). The molecule has 0 aromatic heterocycles. The van der Waals surface area contributed by atoms with Gasteiger partial charge < -0.3 is 10.6 Å². The highest BCUT2D eigenvalue weighted by molar-refractivity contribution is 7.91. The number of rotatable bonds is 7. The summed E-state index contributed by atoms with van der Waals surface area (Å²) in [6.07, 6.45) is -0.0670. The molecule has 0 fully saturated rings. The Morgan fingerprint density at radius 3 is 2.23 bits per heavy atom. The molecule has 0 aliphatic carbocycles. The molecule has 0 atom stereocenters. The molecule has 2 amide bonds.